The Morgan fingerprint density at radius 1 is 1.56 bits per heavy atom. The largest absolute Gasteiger partial charge is 0.395 e. The van der Waals surface area contributed by atoms with Crippen LogP contribution in [-0.2, 0) is 6.54 Å². The molecule has 0 saturated heterocycles. The summed E-state index contributed by atoms with van der Waals surface area (Å²) in [5.41, 5.74) is 6.51. The summed E-state index contributed by atoms with van der Waals surface area (Å²) < 4.78 is 0. The Morgan fingerprint density at radius 3 is 2.81 bits per heavy atom. The molecule has 0 atom stereocenters. The zero-order chi connectivity index (χ0) is 12.1. The Morgan fingerprint density at radius 2 is 2.25 bits per heavy atom. The molecular weight excluding hydrogens is 210 g/mol. The molecule has 0 aliphatic carbocycles. The minimum atomic E-state index is -0.495. The van der Waals surface area contributed by atoms with E-state index in [1.807, 2.05) is 11.9 Å². The highest BCUT2D eigenvalue weighted by molar-refractivity contribution is 5.62. The number of nitrogens with zero attached hydrogens (tertiary/aromatic N) is 2. The molecule has 1 aromatic rings. The summed E-state index contributed by atoms with van der Waals surface area (Å²) in [4.78, 5) is 12.0. The van der Waals surface area contributed by atoms with Gasteiger partial charge in [-0.1, -0.05) is 12.1 Å². The Labute approximate surface area is 93.4 Å². The van der Waals surface area contributed by atoms with Crippen molar-refractivity contribution in [2.75, 3.05) is 25.9 Å². The molecule has 0 radical (unpaired) electrons. The first kappa shape index (κ1) is 12.4. The third-order valence-corrected chi connectivity index (χ3v) is 2.29. The second kappa shape index (κ2) is 5.43. The maximum Gasteiger partial charge on any atom is 0.292 e. The van der Waals surface area contributed by atoms with E-state index < -0.39 is 4.92 Å². The monoisotopic (exact) mass is 225 g/mol. The summed E-state index contributed by atoms with van der Waals surface area (Å²) in [6.45, 7) is 1.03. The van der Waals surface area contributed by atoms with Gasteiger partial charge in [0.15, 0.2) is 0 Å². The molecule has 16 heavy (non-hydrogen) atoms. The molecule has 3 N–H and O–H groups in total. The molecule has 0 unspecified atom stereocenters. The van der Waals surface area contributed by atoms with Crippen molar-refractivity contribution in [3.05, 3.63) is 33.9 Å². The van der Waals surface area contributed by atoms with Crippen molar-refractivity contribution in [2.24, 2.45) is 0 Å². The highest BCUT2D eigenvalue weighted by Crippen LogP contribution is 2.25. The van der Waals surface area contributed by atoms with Crippen LogP contribution in [0.5, 0.6) is 0 Å². The molecule has 0 heterocycles. The summed E-state index contributed by atoms with van der Waals surface area (Å²) in [5.74, 6) is 0. The minimum Gasteiger partial charge on any atom is -0.395 e. The normalized spacial score (nSPS) is 10.7. The van der Waals surface area contributed by atoms with Gasteiger partial charge in [-0.25, -0.2) is 0 Å². The molecule has 0 aliphatic rings. The summed E-state index contributed by atoms with van der Waals surface area (Å²) in [5, 5.41) is 19.4. The van der Waals surface area contributed by atoms with Crippen LogP contribution < -0.4 is 5.73 Å². The van der Waals surface area contributed by atoms with E-state index in [1.165, 1.54) is 6.07 Å². The van der Waals surface area contributed by atoms with Crippen LogP contribution in [-0.4, -0.2) is 35.1 Å². The highest BCUT2D eigenvalue weighted by atomic mass is 16.6. The topological polar surface area (TPSA) is 92.6 Å². The lowest BCUT2D eigenvalue weighted by atomic mass is 10.1. The van der Waals surface area contributed by atoms with Crippen molar-refractivity contribution in [3.63, 3.8) is 0 Å². The molecule has 1 rings (SSSR count). The lowest BCUT2D eigenvalue weighted by Gasteiger charge is -2.16. The van der Waals surface area contributed by atoms with E-state index in [1.54, 1.807) is 12.1 Å². The third-order valence-electron chi connectivity index (χ3n) is 2.29. The zero-order valence-corrected chi connectivity index (χ0v) is 9.09. The number of hydrogen-bond acceptors (Lipinski definition) is 5. The highest BCUT2D eigenvalue weighted by Gasteiger charge is 2.14. The van der Waals surface area contributed by atoms with Gasteiger partial charge in [-0.2, -0.15) is 0 Å². The van der Waals surface area contributed by atoms with Crippen molar-refractivity contribution in [2.45, 2.75) is 6.54 Å². The average molecular weight is 225 g/mol. The van der Waals surface area contributed by atoms with Gasteiger partial charge in [0.2, 0.25) is 0 Å². The summed E-state index contributed by atoms with van der Waals surface area (Å²) in [7, 11) is 1.81. The van der Waals surface area contributed by atoms with E-state index in [2.05, 4.69) is 0 Å². The van der Waals surface area contributed by atoms with Gasteiger partial charge < -0.3 is 10.8 Å². The molecule has 0 saturated carbocycles. The molecular formula is C10H15N3O3. The Kier molecular flexibility index (Phi) is 4.21. The molecule has 0 bridgehead atoms. The number of aliphatic hydroxyl groups is 1. The van der Waals surface area contributed by atoms with Crippen molar-refractivity contribution >= 4 is 11.4 Å². The predicted octanol–water partition coefficient (Wildman–Crippen LogP) is 0.601. The van der Waals surface area contributed by atoms with Crippen molar-refractivity contribution in [1.82, 2.24) is 4.90 Å². The molecule has 0 amide bonds. The average Bonchev–Trinajstić information content (AvgIpc) is 2.21. The lowest BCUT2D eigenvalue weighted by molar-refractivity contribution is -0.384. The molecule has 0 fully saturated rings. The van der Waals surface area contributed by atoms with Gasteiger partial charge in [-0.15, -0.1) is 0 Å². The quantitative estimate of drug-likeness (QED) is 0.435. The fraction of sp³-hybridized carbons (Fsp3) is 0.400. The molecule has 0 spiro atoms. The third kappa shape index (κ3) is 2.91. The molecule has 1 aromatic carbocycles. The SMILES string of the molecule is CN(CCO)Cc1cccc([N+](=O)[O-])c1N. The van der Waals surface area contributed by atoms with E-state index in [0.717, 1.165) is 0 Å². The first-order valence-corrected chi connectivity index (χ1v) is 4.87. The van der Waals surface area contributed by atoms with E-state index in [4.69, 9.17) is 10.8 Å². The van der Waals surface area contributed by atoms with Crippen LogP contribution >= 0.6 is 0 Å². The standard InChI is InChI=1S/C10H15N3O3/c1-12(5-6-14)7-8-3-2-4-9(10(8)11)13(15)16/h2-4,14H,5-7,11H2,1H3. The minimum absolute atomic E-state index is 0.0470. The van der Waals surface area contributed by atoms with Gasteiger partial charge in [0.05, 0.1) is 11.5 Å². The van der Waals surface area contributed by atoms with Crippen LogP contribution in [0.4, 0.5) is 11.4 Å². The van der Waals surface area contributed by atoms with Gasteiger partial charge in [-0.05, 0) is 12.6 Å². The number of nitrogen functional groups attached to an aromatic ring is 1. The first-order chi connectivity index (χ1) is 7.56. The second-order valence-corrected chi connectivity index (χ2v) is 3.57. The van der Waals surface area contributed by atoms with Gasteiger partial charge in [0.25, 0.3) is 5.69 Å². The number of nitro benzene ring substituents is 1. The number of likely N-dealkylation sites (N-methyl/N-ethyl adjacent to an activating group) is 1. The maximum atomic E-state index is 10.7. The van der Waals surface area contributed by atoms with Gasteiger partial charge in [-0.3, -0.25) is 15.0 Å². The maximum absolute atomic E-state index is 10.7. The van der Waals surface area contributed by atoms with Crippen molar-refractivity contribution < 1.29 is 10.0 Å². The lowest BCUT2D eigenvalue weighted by Crippen LogP contribution is -2.22. The smallest absolute Gasteiger partial charge is 0.292 e. The molecule has 0 aliphatic heterocycles. The van der Waals surface area contributed by atoms with Crippen LogP contribution in [0, 0.1) is 10.1 Å². The fourth-order valence-electron chi connectivity index (χ4n) is 1.44. The summed E-state index contributed by atoms with van der Waals surface area (Å²) >= 11 is 0. The van der Waals surface area contributed by atoms with Crippen LogP contribution in [0.15, 0.2) is 18.2 Å². The number of anilines is 1. The number of aliphatic hydroxyl groups excluding tert-OH is 1. The van der Waals surface area contributed by atoms with Crippen LogP contribution in [0.25, 0.3) is 0 Å². The molecule has 88 valence electrons. The van der Waals surface area contributed by atoms with Gasteiger partial charge in [0.1, 0.15) is 5.69 Å². The zero-order valence-electron chi connectivity index (χ0n) is 9.09. The van der Waals surface area contributed by atoms with E-state index >= 15 is 0 Å². The Hall–Kier alpha value is -1.66. The number of nitro groups is 1. The molecule has 6 nitrogen and oxygen atoms in total. The Balaban J connectivity index is 2.89. The first-order valence-electron chi connectivity index (χ1n) is 4.87. The second-order valence-electron chi connectivity index (χ2n) is 3.57. The van der Waals surface area contributed by atoms with Gasteiger partial charge >= 0.3 is 0 Å². The number of nitrogens with two attached hydrogens (primary N) is 1. The number of hydrogen-bond donors (Lipinski definition) is 2. The van der Waals surface area contributed by atoms with Crippen LogP contribution in [0.2, 0.25) is 0 Å². The van der Waals surface area contributed by atoms with Crippen LogP contribution in [0.3, 0.4) is 0 Å². The fourth-order valence-corrected chi connectivity index (χ4v) is 1.44. The summed E-state index contributed by atoms with van der Waals surface area (Å²) in [6.07, 6.45) is 0. The Bertz CT molecular complexity index is 382. The van der Waals surface area contributed by atoms with Gasteiger partial charge in [0, 0.05) is 19.2 Å². The van der Waals surface area contributed by atoms with Crippen molar-refractivity contribution in [1.29, 1.82) is 0 Å². The predicted molar refractivity (Wildman–Crippen MR) is 60.9 cm³/mol. The number of para-hydroxylation sites is 1. The van der Waals surface area contributed by atoms with E-state index in [0.29, 0.717) is 18.7 Å². The van der Waals surface area contributed by atoms with Crippen LogP contribution in [0.1, 0.15) is 5.56 Å². The van der Waals surface area contributed by atoms with E-state index in [-0.39, 0.29) is 18.0 Å². The number of rotatable bonds is 5. The number of benzene rings is 1. The summed E-state index contributed by atoms with van der Waals surface area (Å²) in [6, 6.07) is 4.73. The molecule has 0 aromatic heterocycles. The molecule has 6 heteroatoms. The van der Waals surface area contributed by atoms with E-state index in [9.17, 15) is 10.1 Å². The van der Waals surface area contributed by atoms with Crippen molar-refractivity contribution in [3.8, 4) is 0 Å².